The topological polar surface area (TPSA) is 80.4 Å². The number of ketones is 1. The predicted molar refractivity (Wildman–Crippen MR) is 35.5 cm³/mol. The molecule has 0 aromatic carbocycles. The molecule has 0 rings (SSSR count). The number of carbonyl (C=O) groups is 2. The van der Waals surface area contributed by atoms with Gasteiger partial charge in [0.1, 0.15) is 0 Å². The third-order valence-corrected chi connectivity index (χ3v) is 0.916. The van der Waals surface area contributed by atoms with E-state index in [-0.39, 0.29) is 17.9 Å². The van der Waals surface area contributed by atoms with Crippen LogP contribution in [0.5, 0.6) is 0 Å². The largest absolute Gasteiger partial charge is 0.478 e. The number of hydrogen-bond acceptors (Lipinski definition) is 3. The first-order valence-corrected chi connectivity index (χ1v) is 2.72. The quantitative estimate of drug-likeness (QED) is 0.524. The highest BCUT2D eigenvalue weighted by Crippen LogP contribution is 1.90. The zero-order valence-corrected chi connectivity index (χ0v) is 5.63. The Balaban J connectivity index is 4.16. The van der Waals surface area contributed by atoms with Gasteiger partial charge in [0.15, 0.2) is 5.78 Å². The van der Waals surface area contributed by atoms with Gasteiger partial charge in [-0.25, -0.2) is 4.79 Å². The molecule has 3 N–H and O–H groups in total. The highest BCUT2D eigenvalue weighted by molar-refractivity contribution is 5.99. The summed E-state index contributed by atoms with van der Waals surface area (Å²) >= 11 is 0. The molecule has 0 bridgehead atoms. The standard InChI is InChI=1S/C6H9NO3/c1-4(6(9)10)2-5(8)3-7/h2H,3,7H2,1H3,(H,9,10). The van der Waals surface area contributed by atoms with Crippen molar-refractivity contribution in [3.05, 3.63) is 11.6 Å². The van der Waals surface area contributed by atoms with Gasteiger partial charge in [-0.3, -0.25) is 4.79 Å². The summed E-state index contributed by atoms with van der Waals surface area (Å²) in [6.45, 7) is 1.19. The van der Waals surface area contributed by atoms with Gasteiger partial charge >= 0.3 is 5.97 Å². The Kier molecular flexibility index (Phi) is 3.35. The number of carbonyl (C=O) groups excluding carboxylic acids is 1. The molecule has 0 saturated carbocycles. The predicted octanol–water partition coefficient (Wildman–Crippen LogP) is -0.455. The molecule has 0 aliphatic heterocycles. The molecule has 0 aromatic rings. The molecular formula is C6H9NO3. The second-order valence-electron chi connectivity index (χ2n) is 1.80. The van der Waals surface area contributed by atoms with Gasteiger partial charge < -0.3 is 10.8 Å². The molecule has 0 aliphatic carbocycles. The van der Waals surface area contributed by atoms with Crippen molar-refractivity contribution in [2.24, 2.45) is 5.73 Å². The van der Waals surface area contributed by atoms with Crippen LogP contribution in [0.3, 0.4) is 0 Å². The van der Waals surface area contributed by atoms with Crippen molar-refractivity contribution in [2.75, 3.05) is 6.54 Å². The van der Waals surface area contributed by atoms with Gasteiger partial charge in [0, 0.05) is 5.57 Å². The fourth-order valence-corrected chi connectivity index (χ4v) is 0.362. The summed E-state index contributed by atoms with van der Waals surface area (Å²) in [5.41, 5.74) is 4.94. The van der Waals surface area contributed by atoms with E-state index in [9.17, 15) is 9.59 Å². The molecule has 56 valence electrons. The Hall–Kier alpha value is -1.16. The first kappa shape index (κ1) is 8.84. The second-order valence-corrected chi connectivity index (χ2v) is 1.80. The highest BCUT2D eigenvalue weighted by atomic mass is 16.4. The van der Waals surface area contributed by atoms with Gasteiger partial charge in [0.2, 0.25) is 0 Å². The van der Waals surface area contributed by atoms with Crippen molar-refractivity contribution in [3.8, 4) is 0 Å². The van der Waals surface area contributed by atoms with E-state index in [1.54, 1.807) is 0 Å². The minimum absolute atomic E-state index is 0.00968. The third kappa shape index (κ3) is 2.99. The maximum Gasteiger partial charge on any atom is 0.331 e. The van der Waals surface area contributed by atoms with Crippen LogP contribution in [0.25, 0.3) is 0 Å². The smallest absolute Gasteiger partial charge is 0.331 e. The van der Waals surface area contributed by atoms with Crippen LogP contribution in [0.15, 0.2) is 11.6 Å². The Morgan fingerprint density at radius 2 is 2.10 bits per heavy atom. The van der Waals surface area contributed by atoms with Crippen molar-refractivity contribution < 1.29 is 14.7 Å². The van der Waals surface area contributed by atoms with Crippen LogP contribution in [-0.2, 0) is 9.59 Å². The van der Waals surface area contributed by atoms with Crippen LogP contribution >= 0.6 is 0 Å². The zero-order chi connectivity index (χ0) is 8.15. The average Bonchev–Trinajstić information content (AvgIpc) is 1.87. The third-order valence-electron chi connectivity index (χ3n) is 0.916. The van der Waals surface area contributed by atoms with Gasteiger partial charge in [0.05, 0.1) is 6.54 Å². The minimum Gasteiger partial charge on any atom is -0.478 e. The van der Waals surface area contributed by atoms with E-state index in [0.717, 1.165) is 6.08 Å². The lowest BCUT2D eigenvalue weighted by Gasteiger charge is -1.89. The molecule has 0 radical (unpaired) electrons. The maximum absolute atomic E-state index is 10.5. The summed E-state index contributed by atoms with van der Waals surface area (Å²) in [5, 5.41) is 8.27. The van der Waals surface area contributed by atoms with E-state index in [2.05, 4.69) is 0 Å². The zero-order valence-electron chi connectivity index (χ0n) is 5.63. The number of hydrogen-bond donors (Lipinski definition) is 2. The molecule has 0 fully saturated rings. The molecule has 4 heteroatoms. The van der Waals surface area contributed by atoms with Gasteiger partial charge in [-0.15, -0.1) is 0 Å². The van der Waals surface area contributed by atoms with Crippen LogP contribution in [0.2, 0.25) is 0 Å². The first-order valence-electron chi connectivity index (χ1n) is 2.72. The first-order chi connectivity index (χ1) is 4.57. The second kappa shape index (κ2) is 3.79. The van der Waals surface area contributed by atoms with E-state index in [4.69, 9.17) is 10.8 Å². The molecule has 0 aliphatic rings. The van der Waals surface area contributed by atoms with Gasteiger partial charge in [-0.05, 0) is 13.0 Å². The summed E-state index contributed by atoms with van der Waals surface area (Å²) < 4.78 is 0. The van der Waals surface area contributed by atoms with Crippen LogP contribution in [0, 0.1) is 0 Å². The monoisotopic (exact) mass is 143 g/mol. The Bertz CT molecular complexity index is 183. The van der Waals surface area contributed by atoms with E-state index in [1.165, 1.54) is 6.92 Å². The Morgan fingerprint density at radius 3 is 2.40 bits per heavy atom. The van der Waals surface area contributed by atoms with Crippen LogP contribution in [0.1, 0.15) is 6.92 Å². The molecule has 10 heavy (non-hydrogen) atoms. The van der Waals surface area contributed by atoms with E-state index >= 15 is 0 Å². The highest BCUT2D eigenvalue weighted by Gasteiger charge is 2.01. The summed E-state index contributed by atoms with van der Waals surface area (Å²) in [4.78, 5) is 20.6. The van der Waals surface area contributed by atoms with Crippen molar-refractivity contribution in [1.82, 2.24) is 0 Å². The number of carboxylic acids is 1. The van der Waals surface area contributed by atoms with Crippen LogP contribution in [-0.4, -0.2) is 23.4 Å². The van der Waals surface area contributed by atoms with Gasteiger partial charge in [-0.1, -0.05) is 0 Å². The number of carboxylic acid groups (broad SMARTS) is 1. The summed E-state index contributed by atoms with van der Waals surface area (Å²) in [6, 6.07) is 0. The summed E-state index contributed by atoms with van der Waals surface area (Å²) in [6.07, 6.45) is 1.02. The molecule has 0 amide bonds. The molecule has 4 nitrogen and oxygen atoms in total. The molecule has 0 heterocycles. The lowest BCUT2D eigenvalue weighted by Crippen LogP contribution is -2.12. The summed E-state index contributed by atoms with van der Waals surface area (Å²) in [7, 11) is 0. The molecule has 0 aromatic heterocycles. The van der Waals surface area contributed by atoms with E-state index in [1.807, 2.05) is 0 Å². The molecular weight excluding hydrogens is 134 g/mol. The number of nitrogens with two attached hydrogens (primary N) is 1. The van der Waals surface area contributed by atoms with E-state index in [0.29, 0.717) is 0 Å². The number of aliphatic carboxylic acids is 1. The van der Waals surface area contributed by atoms with Crippen molar-refractivity contribution >= 4 is 11.8 Å². The van der Waals surface area contributed by atoms with Crippen LogP contribution in [0.4, 0.5) is 0 Å². The molecule has 0 unspecified atom stereocenters. The number of rotatable bonds is 3. The molecule has 0 spiro atoms. The van der Waals surface area contributed by atoms with Crippen LogP contribution < -0.4 is 5.73 Å². The van der Waals surface area contributed by atoms with Gasteiger partial charge in [0.25, 0.3) is 0 Å². The Labute approximate surface area is 58.3 Å². The van der Waals surface area contributed by atoms with Crippen molar-refractivity contribution in [1.29, 1.82) is 0 Å². The van der Waals surface area contributed by atoms with Gasteiger partial charge in [-0.2, -0.15) is 0 Å². The lowest BCUT2D eigenvalue weighted by atomic mass is 10.2. The summed E-state index contributed by atoms with van der Waals surface area (Å²) in [5.74, 6) is -1.47. The Morgan fingerprint density at radius 1 is 1.60 bits per heavy atom. The van der Waals surface area contributed by atoms with Crippen molar-refractivity contribution in [2.45, 2.75) is 6.92 Å². The maximum atomic E-state index is 10.5. The minimum atomic E-state index is -1.10. The lowest BCUT2D eigenvalue weighted by molar-refractivity contribution is -0.132. The molecule has 0 saturated heterocycles. The normalized spacial score (nSPS) is 11.2. The fraction of sp³-hybridized carbons (Fsp3) is 0.333. The fourth-order valence-electron chi connectivity index (χ4n) is 0.362. The van der Waals surface area contributed by atoms with Crippen molar-refractivity contribution in [3.63, 3.8) is 0 Å². The average molecular weight is 143 g/mol. The SMILES string of the molecule is CC(=CC(=O)CN)C(=O)O. The molecule has 0 atom stereocenters. The van der Waals surface area contributed by atoms with E-state index < -0.39 is 5.97 Å².